The van der Waals surface area contributed by atoms with Gasteiger partial charge in [-0.05, 0) is 42.8 Å². The number of rotatable bonds is 5. The van der Waals surface area contributed by atoms with E-state index in [0.717, 1.165) is 17.0 Å². The van der Waals surface area contributed by atoms with Gasteiger partial charge in [-0.2, -0.15) is 0 Å². The molecule has 130 valence electrons. The van der Waals surface area contributed by atoms with E-state index in [1.54, 1.807) is 13.2 Å². The molecule has 2 N–H and O–H groups in total. The molecule has 1 atom stereocenters. The lowest BCUT2D eigenvalue weighted by molar-refractivity contribution is -0.131. The van der Waals surface area contributed by atoms with Crippen molar-refractivity contribution in [2.75, 3.05) is 13.7 Å². The summed E-state index contributed by atoms with van der Waals surface area (Å²) in [5.74, 6) is 1.72. The van der Waals surface area contributed by atoms with Crippen molar-refractivity contribution in [3.63, 3.8) is 0 Å². The van der Waals surface area contributed by atoms with Gasteiger partial charge in [0.1, 0.15) is 12.4 Å². The Morgan fingerprint density at radius 3 is 2.56 bits per heavy atom. The molecule has 0 saturated carbocycles. The number of ether oxygens (including phenoxy) is 3. The van der Waals surface area contributed by atoms with E-state index in [-0.39, 0.29) is 12.5 Å². The lowest BCUT2D eigenvalue weighted by atomic mass is 10.2. The number of methoxy groups -OCH3 is 1. The van der Waals surface area contributed by atoms with Crippen molar-refractivity contribution in [1.29, 1.82) is 0 Å². The Morgan fingerprint density at radius 2 is 1.84 bits per heavy atom. The lowest BCUT2D eigenvalue weighted by Gasteiger charge is -2.25. The molecule has 0 fully saturated rings. The minimum atomic E-state index is -0.698. The molecule has 0 spiro atoms. The summed E-state index contributed by atoms with van der Waals surface area (Å²) in [5.41, 5.74) is 7.29. The molecule has 0 radical (unpaired) electrons. The van der Waals surface area contributed by atoms with Crippen molar-refractivity contribution in [3.05, 3.63) is 59.8 Å². The zero-order valence-electron chi connectivity index (χ0n) is 14.1. The lowest BCUT2D eigenvalue weighted by Crippen LogP contribution is -2.48. The molecule has 0 aromatic heterocycles. The van der Waals surface area contributed by atoms with Crippen molar-refractivity contribution < 1.29 is 19.0 Å². The maximum Gasteiger partial charge on any atom is 0.282 e. The minimum Gasteiger partial charge on any atom is -0.497 e. The molecule has 1 aliphatic rings. The second kappa shape index (κ2) is 7.61. The Balaban J connectivity index is 1.54. The molecule has 6 heteroatoms. The number of hydrazine groups is 1. The summed E-state index contributed by atoms with van der Waals surface area (Å²) in [6.07, 6.45) is 1.21. The predicted molar refractivity (Wildman–Crippen MR) is 94.3 cm³/mol. The summed E-state index contributed by atoms with van der Waals surface area (Å²) in [7, 11) is 1.63. The molecular formula is C19H20N2O4. The van der Waals surface area contributed by atoms with Crippen LogP contribution in [-0.4, -0.2) is 25.7 Å². The molecule has 0 saturated heterocycles. The number of fused-ring (bicyclic) bond motifs is 1. The fourth-order valence-electron chi connectivity index (χ4n) is 2.38. The fraction of sp³-hybridized carbons (Fsp3) is 0.211. The smallest absolute Gasteiger partial charge is 0.282 e. The van der Waals surface area contributed by atoms with Crippen molar-refractivity contribution in [3.8, 4) is 17.2 Å². The highest BCUT2D eigenvalue weighted by Crippen LogP contribution is 2.30. The van der Waals surface area contributed by atoms with Gasteiger partial charge in [0.15, 0.2) is 11.5 Å². The third-order valence-electron chi connectivity index (χ3n) is 3.68. The van der Waals surface area contributed by atoms with E-state index in [1.807, 2.05) is 55.5 Å². The van der Waals surface area contributed by atoms with Gasteiger partial charge >= 0.3 is 0 Å². The van der Waals surface area contributed by atoms with Crippen LogP contribution in [0.1, 0.15) is 12.5 Å². The molecule has 2 aromatic carbocycles. The molecule has 1 amide bonds. The van der Waals surface area contributed by atoms with Crippen LogP contribution in [0.25, 0.3) is 6.08 Å². The monoisotopic (exact) mass is 340 g/mol. The van der Waals surface area contributed by atoms with Gasteiger partial charge < -0.3 is 19.6 Å². The second-order valence-corrected chi connectivity index (χ2v) is 5.58. The molecule has 0 unspecified atom stereocenters. The Hall–Kier alpha value is -3.15. The zero-order valence-corrected chi connectivity index (χ0v) is 14.1. The van der Waals surface area contributed by atoms with Gasteiger partial charge in [0.05, 0.1) is 7.11 Å². The van der Waals surface area contributed by atoms with Gasteiger partial charge in [-0.1, -0.05) is 24.3 Å². The van der Waals surface area contributed by atoms with E-state index in [9.17, 15) is 4.79 Å². The number of amides is 1. The van der Waals surface area contributed by atoms with Crippen molar-refractivity contribution in [2.45, 2.75) is 13.0 Å². The molecule has 6 nitrogen and oxygen atoms in total. The van der Waals surface area contributed by atoms with Crippen LogP contribution in [0, 0.1) is 0 Å². The van der Waals surface area contributed by atoms with Crippen LogP contribution in [0.5, 0.6) is 17.2 Å². The first-order valence-electron chi connectivity index (χ1n) is 7.92. The third kappa shape index (κ3) is 4.23. The number of para-hydroxylation sites is 2. The molecule has 1 aliphatic heterocycles. The first-order chi connectivity index (χ1) is 12.2. The molecule has 0 aliphatic carbocycles. The summed E-state index contributed by atoms with van der Waals surface area (Å²) >= 11 is 0. The maximum absolute atomic E-state index is 12.2. The highest BCUT2D eigenvalue weighted by atomic mass is 16.6. The number of carbonyl (C=O) groups excluding carboxylic acids is 1. The highest BCUT2D eigenvalue weighted by Gasteiger charge is 2.27. The Morgan fingerprint density at radius 1 is 1.12 bits per heavy atom. The normalized spacial score (nSPS) is 16.1. The summed E-state index contributed by atoms with van der Waals surface area (Å²) in [6, 6.07) is 14.9. The van der Waals surface area contributed by atoms with Gasteiger partial charge in [0, 0.05) is 5.70 Å². The van der Waals surface area contributed by atoms with Gasteiger partial charge in [-0.15, -0.1) is 0 Å². The Labute approximate surface area is 146 Å². The molecular weight excluding hydrogens is 320 g/mol. The molecule has 2 aromatic rings. The number of allylic oxidation sites excluding steroid dienone is 1. The molecule has 25 heavy (non-hydrogen) atoms. The zero-order chi connectivity index (χ0) is 17.6. The van der Waals surface area contributed by atoms with Gasteiger partial charge in [-0.25, -0.2) is 0 Å². The largest absolute Gasteiger partial charge is 0.497 e. The number of benzene rings is 2. The quantitative estimate of drug-likeness (QED) is 0.819. The standard InChI is InChI=1S/C19H20N2O4/c1-13(11-14-7-9-15(23-2)10-8-14)20-21-19(22)18-12-24-16-5-3-4-6-17(16)25-18/h3-11,18,20H,12H2,1-2H3,(H,21,22)/b13-11-/t18-/m0/s1. The summed E-state index contributed by atoms with van der Waals surface area (Å²) < 4.78 is 16.3. The van der Waals surface area contributed by atoms with E-state index in [2.05, 4.69) is 10.9 Å². The number of carbonyl (C=O) groups is 1. The van der Waals surface area contributed by atoms with Crippen LogP contribution in [0.4, 0.5) is 0 Å². The topological polar surface area (TPSA) is 68.8 Å². The van der Waals surface area contributed by atoms with E-state index >= 15 is 0 Å². The number of hydrogen-bond acceptors (Lipinski definition) is 5. The minimum absolute atomic E-state index is 0.172. The third-order valence-corrected chi connectivity index (χ3v) is 3.68. The van der Waals surface area contributed by atoms with Crippen LogP contribution in [0.2, 0.25) is 0 Å². The number of nitrogens with one attached hydrogen (secondary N) is 2. The van der Waals surface area contributed by atoms with Crippen LogP contribution in [-0.2, 0) is 4.79 Å². The SMILES string of the molecule is COc1ccc(/C=C(/C)NNC(=O)[C@@H]2COc3ccccc3O2)cc1. The van der Waals surface area contributed by atoms with Crippen LogP contribution in [0.3, 0.4) is 0 Å². The number of hydrogen-bond donors (Lipinski definition) is 2. The maximum atomic E-state index is 12.2. The van der Waals surface area contributed by atoms with E-state index in [0.29, 0.717) is 11.5 Å². The molecule has 1 heterocycles. The average Bonchev–Trinajstić information content (AvgIpc) is 2.66. The molecule has 0 bridgehead atoms. The predicted octanol–water partition coefficient (Wildman–Crippen LogP) is 2.52. The first-order valence-corrected chi connectivity index (χ1v) is 7.92. The van der Waals surface area contributed by atoms with Gasteiger partial charge in [0.2, 0.25) is 6.10 Å². The van der Waals surface area contributed by atoms with Crippen molar-refractivity contribution in [1.82, 2.24) is 10.9 Å². The Kier molecular flexibility index (Phi) is 5.09. The summed E-state index contributed by atoms with van der Waals surface area (Å²) in [6.45, 7) is 2.03. The van der Waals surface area contributed by atoms with Gasteiger partial charge in [-0.3, -0.25) is 10.2 Å². The summed E-state index contributed by atoms with van der Waals surface area (Å²) in [5, 5.41) is 0. The highest BCUT2D eigenvalue weighted by molar-refractivity contribution is 5.81. The average molecular weight is 340 g/mol. The van der Waals surface area contributed by atoms with Crippen molar-refractivity contribution in [2.24, 2.45) is 0 Å². The van der Waals surface area contributed by atoms with E-state index in [4.69, 9.17) is 14.2 Å². The van der Waals surface area contributed by atoms with Crippen molar-refractivity contribution >= 4 is 12.0 Å². The fourth-order valence-corrected chi connectivity index (χ4v) is 2.38. The van der Waals surface area contributed by atoms with Crippen LogP contribution < -0.4 is 25.1 Å². The second-order valence-electron chi connectivity index (χ2n) is 5.58. The van der Waals surface area contributed by atoms with Crippen LogP contribution in [0.15, 0.2) is 54.2 Å². The van der Waals surface area contributed by atoms with E-state index < -0.39 is 6.10 Å². The first kappa shape index (κ1) is 16.7. The van der Waals surface area contributed by atoms with Gasteiger partial charge in [0.25, 0.3) is 5.91 Å². The van der Waals surface area contributed by atoms with Crippen LogP contribution >= 0.6 is 0 Å². The Bertz CT molecular complexity index is 771. The van der Waals surface area contributed by atoms with E-state index in [1.165, 1.54) is 0 Å². The molecule has 3 rings (SSSR count). The summed E-state index contributed by atoms with van der Waals surface area (Å²) in [4.78, 5) is 12.2.